The van der Waals surface area contributed by atoms with Crippen LogP contribution in [0.3, 0.4) is 0 Å². The molecule has 1 aromatic carbocycles. The number of halogens is 1. The molecule has 1 aromatic rings. The van der Waals surface area contributed by atoms with Crippen LogP contribution in [0.1, 0.15) is 25.3 Å². The van der Waals surface area contributed by atoms with Gasteiger partial charge in [-0.15, -0.1) is 0 Å². The summed E-state index contributed by atoms with van der Waals surface area (Å²) in [5.41, 5.74) is 8.11. The zero-order valence-electron chi connectivity index (χ0n) is 10.9. The van der Waals surface area contributed by atoms with Crippen LogP contribution in [0, 0.1) is 0 Å². The van der Waals surface area contributed by atoms with E-state index < -0.39 is 0 Å². The number of piperidine rings is 1. The predicted octanol–water partition coefficient (Wildman–Crippen LogP) is 3.03. The average molecular weight is 313 g/mol. The van der Waals surface area contributed by atoms with E-state index in [1.165, 1.54) is 18.4 Å². The number of nitrogens with two attached hydrogens (primary N) is 1. The number of anilines is 1. The maximum Gasteiger partial charge on any atom is 0.0702 e. The molecule has 1 heterocycles. The van der Waals surface area contributed by atoms with Crippen molar-refractivity contribution in [3.8, 4) is 0 Å². The van der Waals surface area contributed by atoms with Crippen molar-refractivity contribution in [3.63, 3.8) is 0 Å². The van der Waals surface area contributed by atoms with E-state index in [9.17, 15) is 0 Å². The first-order valence-electron chi connectivity index (χ1n) is 6.57. The smallest absolute Gasteiger partial charge is 0.0702 e. The molecule has 1 unspecified atom stereocenters. The molecule has 2 N–H and O–H groups in total. The molecule has 0 aromatic heterocycles. The van der Waals surface area contributed by atoms with Crippen molar-refractivity contribution < 1.29 is 4.74 Å². The van der Waals surface area contributed by atoms with E-state index in [-0.39, 0.29) is 0 Å². The van der Waals surface area contributed by atoms with Gasteiger partial charge in [0.2, 0.25) is 0 Å². The van der Waals surface area contributed by atoms with E-state index >= 15 is 0 Å². The van der Waals surface area contributed by atoms with Crippen LogP contribution in [0.2, 0.25) is 0 Å². The summed E-state index contributed by atoms with van der Waals surface area (Å²) in [5.74, 6) is 0. The number of likely N-dealkylation sites (tertiary alicyclic amines) is 1. The third-order valence-corrected chi connectivity index (χ3v) is 3.86. The molecule has 1 atom stereocenters. The highest BCUT2D eigenvalue weighted by atomic mass is 79.9. The molecule has 4 heteroatoms. The summed E-state index contributed by atoms with van der Waals surface area (Å²) in [6.07, 6.45) is 2.78. The zero-order valence-corrected chi connectivity index (χ0v) is 12.4. The monoisotopic (exact) mass is 312 g/mol. The highest BCUT2D eigenvalue weighted by Gasteiger charge is 2.20. The average Bonchev–Trinajstić information content (AvgIpc) is 2.34. The topological polar surface area (TPSA) is 38.5 Å². The Bertz CT molecular complexity index is 395. The minimum Gasteiger partial charge on any atom is -0.398 e. The fourth-order valence-corrected chi connectivity index (χ4v) is 2.86. The number of nitrogens with zero attached hydrogens (tertiary/aromatic N) is 1. The van der Waals surface area contributed by atoms with E-state index in [2.05, 4.69) is 39.9 Å². The molecule has 0 aliphatic carbocycles. The van der Waals surface area contributed by atoms with Gasteiger partial charge >= 0.3 is 0 Å². The van der Waals surface area contributed by atoms with Gasteiger partial charge in [0.15, 0.2) is 0 Å². The Balaban J connectivity index is 1.96. The van der Waals surface area contributed by atoms with Crippen molar-refractivity contribution in [1.82, 2.24) is 4.90 Å². The number of nitrogen functional groups attached to an aromatic ring is 1. The van der Waals surface area contributed by atoms with Gasteiger partial charge in [-0.1, -0.05) is 22.0 Å². The maximum atomic E-state index is 6.04. The van der Waals surface area contributed by atoms with Crippen molar-refractivity contribution in [2.45, 2.75) is 32.4 Å². The molecule has 0 bridgehead atoms. The van der Waals surface area contributed by atoms with Crippen LogP contribution >= 0.6 is 15.9 Å². The SMILES string of the molecule is CCOC1CCCN(Cc2ccc(Br)cc2N)C1. The Kier molecular flexibility index (Phi) is 5.03. The van der Waals surface area contributed by atoms with Gasteiger partial charge in [-0.2, -0.15) is 0 Å². The summed E-state index contributed by atoms with van der Waals surface area (Å²) in [6, 6.07) is 6.12. The first kappa shape index (κ1) is 13.8. The molecule has 18 heavy (non-hydrogen) atoms. The first-order chi connectivity index (χ1) is 8.69. The van der Waals surface area contributed by atoms with Crippen LogP contribution in [0.5, 0.6) is 0 Å². The second kappa shape index (κ2) is 6.55. The van der Waals surface area contributed by atoms with Gasteiger partial charge in [0.05, 0.1) is 6.10 Å². The fourth-order valence-electron chi connectivity index (χ4n) is 2.48. The lowest BCUT2D eigenvalue weighted by Crippen LogP contribution is -2.39. The van der Waals surface area contributed by atoms with Crippen molar-refractivity contribution in [3.05, 3.63) is 28.2 Å². The Morgan fingerprint density at radius 2 is 2.33 bits per heavy atom. The van der Waals surface area contributed by atoms with Gasteiger partial charge in [-0.25, -0.2) is 0 Å². The van der Waals surface area contributed by atoms with Crippen LogP contribution < -0.4 is 5.73 Å². The summed E-state index contributed by atoms with van der Waals surface area (Å²) < 4.78 is 6.76. The minimum absolute atomic E-state index is 0.389. The van der Waals surface area contributed by atoms with Crippen molar-refractivity contribution >= 4 is 21.6 Å². The van der Waals surface area contributed by atoms with Crippen LogP contribution in [0.15, 0.2) is 22.7 Å². The van der Waals surface area contributed by atoms with Crippen molar-refractivity contribution in [2.24, 2.45) is 0 Å². The van der Waals surface area contributed by atoms with Crippen LogP contribution in [0.25, 0.3) is 0 Å². The summed E-state index contributed by atoms with van der Waals surface area (Å²) in [6.45, 7) is 5.94. The van der Waals surface area contributed by atoms with Crippen molar-refractivity contribution in [1.29, 1.82) is 0 Å². The minimum atomic E-state index is 0.389. The maximum absolute atomic E-state index is 6.04. The van der Waals surface area contributed by atoms with Gasteiger partial charge < -0.3 is 10.5 Å². The van der Waals surface area contributed by atoms with E-state index in [0.717, 1.165) is 36.4 Å². The Morgan fingerprint density at radius 3 is 3.06 bits per heavy atom. The molecule has 1 saturated heterocycles. The normalized spacial score (nSPS) is 21.1. The second-order valence-corrected chi connectivity index (χ2v) is 5.71. The summed E-state index contributed by atoms with van der Waals surface area (Å²) in [5, 5.41) is 0. The third kappa shape index (κ3) is 3.70. The number of ether oxygens (including phenoxy) is 1. The number of benzene rings is 1. The van der Waals surface area contributed by atoms with Crippen LogP contribution in [-0.4, -0.2) is 30.7 Å². The molecule has 1 fully saturated rings. The Hall–Kier alpha value is -0.580. The third-order valence-electron chi connectivity index (χ3n) is 3.37. The van der Waals surface area contributed by atoms with E-state index in [1.807, 2.05) is 6.07 Å². The summed E-state index contributed by atoms with van der Waals surface area (Å²) >= 11 is 3.44. The molecular weight excluding hydrogens is 292 g/mol. The van der Waals surface area contributed by atoms with Gasteiger partial charge in [0, 0.05) is 29.9 Å². The fraction of sp³-hybridized carbons (Fsp3) is 0.571. The quantitative estimate of drug-likeness (QED) is 0.869. The Labute approximate surface area is 117 Å². The molecule has 0 saturated carbocycles. The van der Waals surface area contributed by atoms with Crippen LogP contribution in [0.4, 0.5) is 5.69 Å². The van der Waals surface area contributed by atoms with Crippen LogP contribution in [-0.2, 0) is 11.3 Å². The molecule has 3 nitrogen and oxygen atoms in total. The zero-order chi connectivity index (χ0) is 13.0. The molecular formula is C14H21BrN2O. The molecule has 1 aliphatic heterocycles. The predicted molar refractivity (Wildman–Crippen MR) is 78.5 cm³/mol. The first-order valence-corrected chi connectivity index (χ1v) is 7.36. The van der Waals surface area contributed by atoms with Gasteiger partial charge in [-0.3, -0.25) is 4.90 Å². The highest BCUT2D eigenvalue weighted by Crippen LogP contribution is 2.22. The summed E-state index contributed by atoms with van der Waals surface area (Å²) in [7, 11) is 0. The lowest BCUT2D eigenvalue weighted by Gasteiger charge is -2.32. The molecule has 0 radical (unpaired) electrons. The molecule has 2 rings (SSSR count). The molecule has 1 aliphatic rings. The van der Waals surface area contributed by atoms with E-state index in [0.29, 0.717) is 6.10 Å². The molecule has 0 spiro atoms. The number of hydrogen-bond donors (Lipinski definition) is 1. The lowest BCUT2D eigenvalue weighted by atomic mass is 10.1. The summed E-state index contributed by atoms with van der Waals surface area (Å²) in [4.78, 5) is 2.43. The number of rotatable bonds is 4. The van der Waals surface area contributed by atoms with Gasteiger partial charge in [0.25, 0.3) is 0 Å². The Morgan fingerprint density at radius 1 is 1.50 bits per heavy atom. The highest BCUT2D eigenvalue weighted by molar-refractivity contribution is 9.10. The standard InChI is InChI=1S/C14H21BrN2O/c1-2-18-13-4-3-7-17(10-13)9-11-5-6-12(15)8-14(11)16/h5-6,8,13H,2-4,7,9-10,16H2,1H3. The van der Waals surface area contributed by atoms with E-state index in [1.54, 1.807) is 0 Å². The molecule has 0 amide bonds. The van der Waals surface area contributed by atoms with E-state index in [4.69, 9.17) is 10.5 Å². The van der Waals surface area contributed by atoms with Gasteiger partial charge in [-0.05, 0) is 44.0 Å². The number of hydrogen-bond acceptors (Lipinski definition) is 3. The second-order valence-electron chi connectivity index (χ2n) is 4.80. The largest absolute Gasteiger partial charge is 0.398 e. The van der Waals surface area contributed by atoms with Crippen molar-refractivity contribution in [2.75, 3.05) is 25.4 Å². The lowest BCUT2D eigenvalue weighted by molar-refractivity contribution is 0.00368. The molecule has 100 valence electrons. The van der Waals surface area contributed by atoms with Gasteiger partial charge in [0.1, 0.15) is 0 Å².